The molecule has 0 radical (unpaired) electrons. The molecule has 0 aliphatic carbocycles. The summed E-state index contributed by atoms with van der Waals surface area (Å²) in [5.41, 5.74) is 7.54. The van der Waals surface area contributed by atoms with E-state index in [2.05, 4.69) is 5.32 Å². The highest BCUT2D eigenvalue weighted by Gasteiger charge is 2.02. The third-order valence-electron chi connectivity index (χ3n) is 2.62. The van der Waals surface area contributed by atoms with Crippen LogP contribution in [0.2, 0.25) is 5.02 Å². The maximum absolute atomic E-state index is 8.79. The standard InChI is InChI=1S/C15H14ClN3O/c16-14-9-11(10-18)1-6-15(14)19-12-2-4-13(5-3-12)20-8-7-17/h1-6,9,19H,7-8,17H2. The van der Waals surface area contributed by atoms with Gasteiger partial charge in [0.1, 0.15) is 12.4 Å². The lowest BCUT2D eigenvalue weighted by atomic mass is 10.2. The van der Waals surface area contributed by atoms with E-state index in [-0.39, 0.29) is 0 Å². The van der Waals surface area contributed by atoms with Crippen LogP contribution in [0.3, 0.4) is 0 Å². The lowest BCUT2D eigenvalue weighted by Crippen LogP contribution is -2.10. The smallest absolute Gasteiger partial charge is 0.119 e. The van der Waals surface area contributed by atoms with E-state index in [9.17, 15) is 0 Å². The zero-order chi connectivity index (χ0) is 14.4. The number of hydrogen-bond acceptors (Lipinski definition) is 4. The second kappa shape index (κ2) is 6.80. The highest BCUT2D eigenvalue weighted by Crippen LogP contribution is 2.27. The Kier molecular flexibility index (Phi) is 4.83. The average molecular weight is 288 g/mol. The summed E-state index contributed by atoms with van der Waals surface area (Å²) in [5, 5.41) is 12.5. The maximum Gasteiger partial charge on any atom is 0.119 e. The SMILES string of the molecule is N#Cc1ccc(Nc2ccc(OCCN)cc2)c(Cl)c1. The van der Waals surface area contributed by atoms with Gasteiger partial charge in [-0.2, -0.15) is 5.26 Å². The molecule has 0 amide bonds. The topological polar surface area (TPSA) is 71.1 Å². The maximum atomic E-state index is 8.79. The fraction of sp³-hybridized carbons (Fsp3) is 0.133. The molecule has 0 saturated carbocycles. The number of nitriles is 1. The Morgan fingerprint density at radius 1 is 1.20 bits per heavy atom. The summed E-state index contributed by atoms with van der Waals surface area (Å²) in [7, 11) is 0. The van der Waals surface area contributed by atoms with E-state index in [1.54, 1.807) is 18.2 Å². The summed E-state index contributed by atoms with van der Waals surface area (Å²) in [4.78, 5) is 0. The van der Waals surface area contributed by atoms with E-state index >= 15 is 0 Å². The molecule has 0 aliphatic heterocycles. The van der Waals surface area contributed by atoms with Gasteiger partial charge in [-0.05, 0) is 42.5 Å². The number of nitrogens with one attached hydrogen (secondary N) is 1. The van der Waals surface area contributed by atoms with Crippen LogP contribution in [-0.4, -0.2) is 13.2 Å². The molecule has 20 heavy (non-hydrogen) atoms. The molecule has 5 heteroatoms. The highest BCUT2D eigenvalue weighted by molar-refractivity contribution is 6.33. The van der Waals surface area contributed by atoms with E-state index in [0.717, 1.165) is 17.1 Å². The van der Waals surface area contributed by atoms with Gasteiger partial charge in [-0.1, -0.05) is 11.6 Å². The monoisotopic (exact) mass is 287 g/mol. The number of rotatable bonds is 5. The molecule has 0 aliphatic rings. The molecule has 0 unspecified atom stereocenters. The van der Waals surface area contributed by atoms with Crippen LogP contribution >= 0.6 is 11.6 Å². The van der Waals surface area contributed by atoms with Crippen LogP contribution in [0.4, 0.5) is 11.4 Å². The number of nitrogens with zero attached hydrogens (tertiary/aromatic N) is 1. The first kappa shape index (κ1) is 14.2. The van der Waals surface area contributed by atoms with Crippen molar-refractivity contribution in [3.05, 3.63) is 53.1 Å². The van der Waals surface area contributed by atoms with Crippen LogP contribution in [0, 0.1) is 11.3 Å². The summed E-state index contributed by atoms with van der Waals surface area (Å²) in [6.07, 6.45) is 0. The first-order valence-corrected chi connectivity index (χ1v) is 6.50. The van der Waals surface area contributed by atoms with E-state index in [0.29, 0.717) is 23.7 Å². The summed E-state index contributed by atoms with van der Waals surface area (Å²) in [6, 6.07) is 14.7. The average Bonchev–Trinajstić information content (AvgIpc) is 2.48. The van der Waals surface area contributed by atoms with Gasteiger partial charge >= 0.3 is 0 Å². The molecule has 0 spiro atoms. The molecule has 3 N–H and O–H groups in total. The van der Waals surface area contributed by atoms with Crippen LogP contribution in [0.1, 0.15) is 5.56 Å². The zero-order valence-electron chi connectivity index (χ0n) is 10.8. The van der Waals surface area contributed by atoms with Crippen molar-refractivity contribution >= 4 is 23.0 Å². The Bertz CT molecular complexity index is 620. The Morgan fingerprint density at radius 2 is 1.95 bits per heavy atom. The number of anilines is 2. The summed E-state index contributed by atoms with van der Waals surface area (Å²) in [6.45, 7) is 0.981. The van der Waals surface area contributed by atoms with E-state index in [1.165, 1.54) is 0 Å². The number of benzene rings is 2. The number of nitrogens with two attached hydrogens (primary N) is 1. The van der Waals surface area contributed by atoms with Gasteiger partial charge in [-0.3, -0.25) is 0 Å². The van der Waals surface area contributed by atoms with Crippen molar-refractivity contribution in [2.75, 3.05) is 18.5 Å². The van der Waals surface area contributed by atoms with Crippen LogP contribution in [-0.2, 0) is 0 Å². The molecule has 2 rings (SSSR count). The molecule has 0 saturated heterocycles. The van der Waals surface area contributed by atoms with E-state index < -0.39 is 0 Å². The van der Waals surface area contributed by atoms with Crippen LogP contribution in [0.15, 0.2) is 42.5 Å². The number of halogens is 1. The molecule has 0 fully saturated rings. The van der Waals surface area contributed by atoms with Crippen molar-refractivity contribution in [2.45, 2.75) is 0 Å². The van der Waals surface area contributed by atoms with Crippen molar-refractivity contribution in [2.24, 2.45) is 5.73 Å². The van der Waals surface area contributed by atoms with Gasteiger partial charge in [0, 0.05) is 12.2 Å². The molecule has 4 nitrogen and oxygen atoms in total. The van der Waals surface area contributed by atoms with Gasteiger partial charge in [-0.15, -0.1) is 0 Å². The van der Waals surface area contributed by atoms with Crippen LogP contribution < -0.4 is 15.8 Å². The van der Waals surface area contributed by atoms with Crippen molar-refractivity contribution in [1.82, 2.24) is 0 Å². The third kappa shape index (κ3) is 3.64. The molecule has 0 atom stereocenters. The fourth-order valence-corrected chi connectivity index (χ4v) is 1.88. The second-order valence-corrected chi connectivity index (χ2v) is 4.50. The van der Waals surface area contributed by atoms with Gasteiger partial charge in [0.15, 0.2) is 0 Å². The molecule has 2 aromatic rings. The number of hydrogen-bond donors (Lipinski definition) is 2. The lowest BCUT2D eigenvalue weighted by molar-refractivity contribution is 0.328. The molecule has 0 aromatic heterocycles. The van der Waals surface area contributed by atoms with Gasteiger partial charge in [0.25, 0.3) is 0 Å². The molecule has 0 bridgehead atoms. The zero-order valence-corrected chi connectivity index (χ0v) is 11.5. The van der Waals surface area contributed by atoms with Gasteiger partial charge in [-0.25, -0.2) is 0 Å². The summed E-state index contributed by atoms with van der Waals surface area (Å²) in [5.74, 6) is 0.770. The predicted octanol–water partition coefficient (Wildman–Crippen LogP) is 3.29. The molecule has 0 heterocycles. The minimum atomic E-state index is 0.487. The van der Waals surface area contributed by atoms with E-state index in [1.807, 2.05) is 30.3 Å². The molecule has 102 valence electrons. The predicted molar refractivity (Wildman–Crippen MR) is 80.4 cm³/mol. The normalized spacial score (nSPS) is 9.85. The van der Waals surface area contributed by atoms with Gasteiger partial charge in [0.05, 0.1) is 22.3 Å². The van der Waals surface area contributed by atoms with E-state index in [4.69, 9.17) is 27.3 Å². The van der Waals surface area contributed by atoms with Crippen LogP contribution in [0.5, 0.6) is 5.75 Å². The minimum Gasteiger partial charge on any atom is -0.492 e. The van der Waals surface area contributed by atoms with Crippen molar-refractivity contribution in [3.63, 3.8) is 0 Å². The Balaban J connectivity index is 2.08. The second-order valence-electron chi connectivity index (χ2n) is 4.09. The fourth-order valence-electron chi connectivity index (χ4n) is 1.65. The lowest BCUT2D eigenvalue weighted by Gasteiger charge is -2.10. The highest BCUT2D eigenvalue weighted by atomic mass is 35.5. The summed E-state index contributed by atoms with van der Waals surface area (Å²) < 4.78 is 5.40. The Labute approximate surface area is 122 Å². The van der Waals surface area contributed by atoms with Crippen LogP contribution in [0.25, 0.3) is 0 Å². The minimum absolute atomic E-state index is 0.487. The largest absolute Gasteiger partial charge is 0.492 e. The molecule has 2 aromatic carbocycles. The number of ether oxygens (including phenoxy) is 1. The van der Waals surface area contributed by atoms with Crippen molar-refractivity contribution < 1.29 is 4.74 Å². The first-order chi connectivity index (χ1) is 9.72. The van der Waals surface area contributed by atoms with Gasteiger partial charge in [0.2, 0.25) is 0 Å². The Hall–Kier alpha value is -2.22. The van der Waals surface area contributed by atoms with Crippen molar-refractivity contribution in [1.29, 1.82) is 5.26 Å². The Morgan fingerprint density at radius 3 is 2.55 bits per heavy atom. The third-order valence-corrected chi connectivity index (χ3v) is 2.93. The first-order valence-electron chi connectivity index (χ1n) is 6.12. The molecular weight excluding hydrogens is 274 g/mol. The molecular formula is C15H14ClN3O. The summed E-state index contributed by atoms with van der Waals surface area (Å²) >= 11 is 6.11. The van der Waals surface area contributed by atoms with Gasteiger partial charge < -0.3 is 15.8 Å². The quantitative estimate of drug-likeness (QED) is 0.885. The van der Waals surface area contributed by atoms with Crippen molar-refractivity contribution in [3.8, 4) is 11.8 Å².